The monoisotopic (exact) mass is 758 g/mol. The summed E-state index contributed by atoms with van der Waals surface area (Å²) in [7, 11) is -11.1. The van der Waals surface area contributed by atoms with E-state index in [1.807, 2.05) is 0 Å². The van der Waals surface area contributed by atoms with Crippen LogP contribution in [0.2, 0.25) is 0 Å². The molecule has 26 heteroatoms. The van der Waals surface area contributed by atoms with Gasteiger partial charge in [-0.3, -0.25) is 9.59 Å². The molecule has 272 valence electrons. The first kappa shape index (κ1) is 42.1. The van der Waals surface area contributed by atoms with E-state index >= 15 is 0 Å². The number of hydrogen-bond acceptors (Lipinski definition) is 18. The van der Waals surface area contributed by atoms with E-state index in [0.29, 0.717) is 27.7 Å². The van der Waals surface area contributed by atoms with E-state index < -0.39 is 68.9 Å². The molecule has 0 fully saturated rings. The number of aromatic amines is 2. The Morgan fingerprint density at radius 2 is 1.23 bits per heavy atom. The number of hydrogen-bond donors (Lipinski definition) is 5. The number of fused-ring (bicyclic) bond motifs is 2. The molecule has 21 nitrogen and oxygen atoms in total. The summed E-state index contributed by atoms with van der Waals surface area (Å²) < 4.78 is 73.9. The number of carboxylic acids is 1. The molecule has 2 unspecified atom stereocenters. The van der Waals surface area contributed by atoms with E-state index in [-0.39, 0.29) is 60.7 Å². The third-order valence-corrected chi connectivity index (χ3v) is 9.40. The molecule has 2 aromatic heterocycles. The minimum atomic E-state index is -4.20. The molecule has 0 saturated carbocycles. The first-order chi connectivity index (χ1) is 23.6. The fraction of sp³-hybridized carbons (Fsp3) is 0.308. The summed E-state index contributed by atoms with van der Waals surface area (Å²) >= 11 is 0. The molecule has 6 rings (SSSR count). The molecule has 0 bridgehead atoms. The van der Waals surface area contributed by atoms with E-state index in [9.17, 15) is 36.5 Å². The smallest absolute Gasteiger partial charge is 0.870 e. The summed E-state index contributed by atoms with van der Waals surface area (Å²) in [6, 6.07) is 5.55. The molecule has 0 spiro atoms. The van der Waals surface area contributed by atoms with Gasteiger partial charge in [0.25, 0.3) is 10.3 Å². The number of nitrogens with zero attached hydrogens (tertiary/aromatic N) is 4. The second-order valence-corrected chi connectivity index (χ2v) is 13.6. The third kappa shape index (κ3) is 9.37. The molecule has 2 aliphatic heterocycles. The number of carboxylic acid groups (broad SMARTS) is 1. The number of nitrogens with one attached hydrogen (secondary N) is 2. The van der Waals surface area contributed by atoms with Crippen LogP contribution < -0.4 is 38.2 Å². The number of benzene rings is 2. The Bertz CT molecular complexity index is 2110. The van der Waals surface area contributed by atoms with Crippen molar-refractivity contribution in [3.63, 3.8) is 0 Å². The zero-order chi connectivity index (χ0) is 36.4. The fourth-order valence-corrected chi connectivity index (χ4v) is 6.89. The summed E-state index contributed by atoms with van der Waals surface area (Å²) in [4.78, 5) is 29.7. The third-order valence-electron chi connectivity index (χ3n) is 7.24. The van der Waals surface area contributed by atoms with Gasteiger partial charge in [0.2, 0.25) is 0 Å². The second-order valence-electron chi connectivity index (χ2n) is 10.7. The van der Waals surface area contributed by atoms with Crippen LogP contribution in [0, 0.1) is 13.8 Å². The number of ether oxygens (including phenoxy) is 1. The van der Waals surface area contributed by atoms with Crippen molar-refractivity contribution in [2.24, 2.45) is 0 Å². The van der Waals surface area contributed by atoms with Crippen LogP contribution in [0.5, 0.6) is 11.5 Å². The quantitative estimate of drug-likeness (QED) is 0.0547. The van der Waals surface area contributed by atoms with Crippen LogP contribution in [-0.2, 0) is 43.9 Å². The first-order valence-corrected chi connectivity index (χ1v) is 17.3. The van der Waals surface area contributed by atoms with E-state index in [4.69, 9.17) is 27.5 Å². The van der Waals surface area contributed by atoms with Gasteiger partial charge in [-0.25, -0.2) is 20.2 Å². The van der Waals surface area contributed by atoms with Crippen LogP contribution in [0.25, 0.3) is 0 Å². The number of aliphatic carboxylic acids is 1. The van der Waals surface area contributed by atoms with Gasteiger partial charge < -0.3 is 43.0 Å². The Morgan fingerprint density at radius 1 is 0.808 bits per heavy atom. The Kier molecular flexibility index (Phi) is 13.8. The van der Waals surface area contributed by atoms with Crippen molar-refractivity contribution in [3.05, 3.63) is 59.2 Å². The molecule has 2 aromatic carbocycles. The Hall–Kier alpha value is -4.31. The summed E-state index contributed by atoms with van der Waals surface area (Å²) in [5.41, 5.74) is 2.87. The van der Waals surface area contributed by atoms with Crippen LogP contribution in [0.15, 0.2) is 47.2 Å². The normalized spacial score (nSPS) is 16.0. The molecule has 2 atom stereocenters. The first-order valence-electron chi connectivity index (χ1n) is 14.5. The van der Waals surface area contributed by atoms with Crippen LogP contribution >= 0.6 is 0 Å². The van der Waals surface area contributed by atoms with Crippen molar-refractivity contribution in [2.75, 3.05) is 6.61 Å². The number of aromatic nitrogens is 6. The van der Waals surface area contributed by atoms with Gasteiger partial charge >= 0.3 is 65.3 Å². The van der Waals surface area contributed by atoms with Gasteiger partial charge in [-0.1, -0.05) is 0 Å². The van der Waals surface area contributed by atoms with Gasteiger partial charge in [-0.15, -0.1) is 0 Å². The van der Waals surface area contributed by atoms with Gasteiger partial charge in [0.05, 0.1) is 31.7 Å². The zero-order valence-corrected chi connectivity index (χ0v) is 29.4. The van der Waals surface area contributed by atoms with Gasteiger partial charge in [0.15, 0.2) is 0 Å². The van der Waals surface area contributed by atoms with Crippen molar-refractivity contribution in [3.8, 4) is 11.5 Å². The maximum atomic E-state index is 12.1. The summed E-state index contributed by atoms with van der Waals surface area (Å²) in [6.07, 6.45) is 0.197. The number of esters is 1. The van der Waals surface area contributed by atoms with Crippen LogP contribution in [0.4, 0.5) is 0 Å². The molecular formula is C26H29B2LiN6O15S2. The standard InChI is InChI=1S/C14H16BN3O7S.C12H12BN3O7S.Li.H2O/c1-3-23-12(19)6-11-13-8(2)4-9(5-10(13)15(20)24-11)25-26(21,22)14-16-7-17-18-14;1-6-2-7(23-24(20,21)12-14-5-15-16-12)3-8-11(6)9(4-10(17)18)22-13(8)19;;/h4-5,7,11,20H,3,6H2,1-2H3,(H,16,17,18);2-3,5,9,19H,4H2,1H3,(H,17,18)(H,14,15,16);;1H2/q;;+1;/p-1. The number of carbonyl (C=O) groups is 2. The molecule has 0 radical (unpaired) electrons. The van der Waals surface area contributed by atoms with Gasteiger partial charge in [-0.05, 0) is 78.2 Å². The predicted molar refractivity (Wildman–Crippen MR) is 169 cm³/mol. The largest absolute Gasteiger partial charge is 1.00 e. The fourth-order valence-electron chi connectivity index (χ4n) is 5.35. The molecule has 52 heavy (non-hydrogen) atoms. The average Bonchev–Trinajstić information content (AvgIpc) is 3.83. The van der Waals surface area contributed by atoms with Crippen LogP contribution in [-0.4, -0.2) is 101 Å². The second kappa shape index (κ2) is 17.0. The van der Waals surface area contributed by atoms with E-state index in [0.717, 1.165) is 12.7 Å². The molecule has 6 N–H and O–H groups in total. The molecule has 0 aliphatic carbocycles. The molecule has 4 heterocycles. The van der Waals surface area contributed by atoms with Gasteiger partial charge in [0.1, 0.15) is 24.2 Å². The Morgan fingerprint density at radius 3 is 1.60 bits per heavy atom. The zero-order valence-electron chi connectivity index (χ0n) is 27.8. The van der Waals surface area contributed by atoms with Crippen molar-refractivity contribution >= 4 is 57.3 Å². The minimum absolute atomic E-state index is 0. The molecular weight excluding hydrogens is 729 g/mol. The topological polar surface area (TPSA) is 322 Å². The SMILES string of the molecule is CCOC(=O)CC1OB(O)c2cc(OS(=O)(=O)c3ncn[nH]3)cc(C)c21.Cc1cc(OS(=O)(=O)c2ncn[nH]2)cc2c1C(CC(=O)O)OB2O.[Li+].[OH-]. The average molecular weight is 758 g/mol. The summed E-state index contributed by atoms with van der Waals surface area (Å²) in [5.74, 6) is -1.60. The Labute approximate surface area is 308 Å². The number of H-pyrrole nitrogens is 2. The molecule has 4 aromatic rings. The van der Waals surface area contributed by atoms with E-state index in [1.165, 1.54) is 24.3 Å². The summed E-state index contributed by atoms with van der Waals surface area (Å²) in [5, 5.41) is 39.4. The van der Waals surface area contributed by atoms with Crippen LogP contribution in [0.3, 0.4) is 0 Å². The molecule has 2 aliphatic rings. The maximum absolute atomic E-state index is 12.1. The van der Waals surface area contributed by atoms with E-state index in [1.54, 1.807) is 20.8 Å². The number of rotatable bonds is 11. The van der Waals surface area contributed by atoms with Crippen molar-refractivity contribution in [2.45, 2.75) is 56.1 Å². The maximum Gasteiger partial charge on any atom is 1.00 e. The van der Waals surface area contributed by atoms with Crippen molar-refractivity contribution < 1.29 is 88.3 Å². The predicted octanol–water partition coefficient (Wildman–Crippen LogP) is -4.47. The number of aryl methyl sites for hydroxylation is 2. The van der Waals surface area contributed by atoms with Crippen LogP contribution in [0.1, 0.15) is 54.2 Å². The summed E-state index contributed by atoms with van der Waals surface area (Å²) in [6.45, 7) is 5.28. The van der Waals surface area contributed by atoms with Gasteiger partial charge in [-0.2, -0.15) is 27.0 Å². The Balaban J connectivity index is 0.000000271. The van der Waals surface area contributed by atoms with Crippen molar-refractivity contribution in [1.82, 2.24) is 30.4 Å². The molecule has 0 amide bonds. The number of carbonyl (C=O) groups excluding carboxylic acids is 1. The minimum Gasteiger partial charge on any atom is -0.870 e. The molecule has 0 saturated heterocycles. The van der Waals surface area contributed by atoms with Gasteiger partial charge in [0, 0.05) is 0 Å². The van der Waals surface area contributed by atoms with E-state index in [2.05, 4.69) is 30.4 Å². The van der Waals surface area contributed by atoms with Crippen molar-refractivity contribution in [1.29, 1.82) is 0 Å².